The lowest BCUT2D eigenvalue weighted by atomic mass is 10.1. The molecule has 0 unspecified atom stereocenters. The molecule has 0 aliphatic carbocycles. The van der Waals surface area contributed by atoms with E-state index in [1.54, 1.807) is 31.2 Å². The first-order valence-electron chi connectivity index (χ1n) is 10.4. The van der Waals surface area contributed by atoms with Crippen molar-refractivity contribution in [2.75, 3.05) is 6.61 Å². The number of benzene rings is 3. The maximum atomic E-state index is 14.3. The summed E-state index contributed by atoms with van der Waals surface area (Å²) in [6.45, 7) is 4.98. The highest BCUT2D eigenvalue weighted by molar-refractivity contribution is 9.10. The lowest BCUT2D eigenvalue weighted by molar-refractivity contribution is -0.142. The summed E-state index contributed by atoms with van der Waals surface area (Å²) >= 11 is 3.55. The van der Waals surface area contributed by atoms with Gasteiger partial charge in [0.1, 0.15) is 17.6 Å². The summed E-state index contributed by atoms with van der Waals surface area (Å²) in [5, 5.41) is 4.81. The summed E-state index contributed by atoms with van der Waals surface area (Å²) in [5.74, 6) is -0.640. The van der Waals surface area contributed by atoms with Crippen molar-refractivity contribution >= 4 is 38.5 Å². The van der Waals surface area contributed by atoms with Crippen LogP contribution in [0, 0.1) is 5.82 Å². The van der Waals surface area contributed by atoms with Crippen molar-refractivity contribution in [2.24, 2.45) is 0 Å². The van der Waals surface area contributed by atoms with E-state index < -0.39 is 17.8 Å². The first kappa shape index (κ1) is 23.7. The predicted molar refractivity (Wildman–Crippen MR) is 127 cm³/mol. The van der Waals surface area contributed by atoms with Crippen LogP contribution in [0.1, 0.15) is 26.3 Å². The normalized spacial score (nSPS) is 11.9. The summed E-state index contributed by atoms with van der Waals surface area (Å²) < 4.78 is 20.8. The fraction of sp³-hybridized carbons (Fsp3) is 0.280. The molecule has 0 fully saturated rings. The Bertz CT molecular complexity index is 1120. The molecule has 3 aromatic rings. The Labute approximate surface area is 195 Å². The lowest BCUT2D eigenvalue weighted by Gasteiger charge is -2.29. The fourth-order valence-corrected chi connectivity index (χ4v) is 3.95. The smallest absolute Gasteiger partial charge is 0.261 e. The number of carbonyl (C=O) groups excluding carboxylic acids is 2. The van der Waals surface area contributed by atoms with Gasteiger partial charge in [0.15, 0.2) is 6.61 Å². The maximum Gasteiger partial charge on any atom is 0.261 e. The number of hydrogen-bond acceptors (Lipinski definition) is 3. The number of halogens is 2. The Morgan fingerprint density at radius 1 is 1.03 bits per heavy atom. The van der Waals surface area contributed by atoms with Gasteiger partial charge in [-0.2, -0.15) is 0 Å². The molecule has 3 rings (SSSR count). The molecule has 2 amide bonds. The van der Waals surface area contributed by atoms with Crippen molar-refractivity contribution in [1.29, 1.82) is 0 Å². The molecule has 3 aromatic carbocycles. The minimum atomic E-state index is -0.798. The van der Waals surface area contributed by atoms with Crippen molar-refractivity contribution in [2.45, 2.75) is 39.4 Å². The SMILES string of the molecule is CC(C)NC(=O)[C@@H](C)N(Cc1ccccc1F)C(=O)COc1ccc2ccccc2c1Br. The number of hydrogen-bond donors (Lipinski definition) is 1. The zero-order valence-corrected chi connectivity index (χ0v) is 19.9. The van der Waals surface area contributed by atoms with E-state index in [1.165, 1.54) is 11.0 Å². The van der Waals surface area contributed by atoms with Crippen LogP contribution in [0.15, 0.2) is 65.1 Å². The molecule has 0 aliphatic heterocycles. The number of nitrogens with zero attached hydrogens (tertiary/aromatic N) is 1. The van der Waals surface area contributed by atoms with Crippen LogP contribution in [0.4, 0.5) is 4.39 Å². The summed E-state index contributed by atoms with van der Waals surface area (Å²) in [4.78, 5) is 27.1. The average molecular weight is 501 g/mol. The largest absolute Gasteiger partial charge is 0.483 e. The first-order chi connectivity index (χ1) is 15.3. The molecule has 0 heterocycles. The van der Waals surface area contributed by atoms with E-state index >= 15 is 0 Å². The second-order valence-corrected chi connectivity index (χ2v) is 8.63. The van der Waals surface area contributed by atoms with E-state index in [-0.39, 0.29) is 25.1 Å². The number of fused-ring (bicyclic) bond motifs is 1. The molecule has 0 saturated carbocycles. The summed E-state index contributed by atoms with van der Waals surface area (Å²) in [6, 6.07) is 16.8. The maximum absolute atomic E-state index is 14.3. The molecule has 1 N–H and O–H groups in total. The van der Waals surface area contributed by atoms with Crippen molar-refractivity contribution < 1.29 is 18.7 Å². The minimum Gasteiger partial charge on any atom is -0.483 e. The predicted octanol–water partition coefficient (Wildman–Crippen LogP) is 5.06. The molecule has 0 saturated heterocycles. The van der Waals surface area contributed by atoms with Crippen LogP contribution in [0.25, 0.3) is 10.8 Å². The van der Waals surface area contributed by atoms with Crippen LogP contribution in [-0.4, -0.2) is 35.4 Å². The third kappa shape index (κ3) is 5.65. The highest BCUT2D eigenvalue weighted by Crippen LogP contribution is 2.33. The Hall–Kier alpha value is -2.93. The molecule has 0 bridgehead atoms. The molecule has 0 radical (unpaired) electrons. The minimum absolute atomic E-state index is 0.0412. The molecule has 0 spiro atoms. The van der Waals surface area contributed by atoms with E-state index in [4.69, 9.17) is 4.74 Å². The molecule has 0 aliphatic rings. The Kier molecular flexibility index (Phi) is 7.85. The Morgan fingerprint density at radius 2 is 1.72 bits per heavy atom. The lowest BCUT2D eigenvalue weighted by Crippen LogP contribution is -2.50. The average Bonchev–Trinajstić information content (AvgIpc) is 2.77. The number of carbonyl (C=O) groups is 2. The van der Waals surface area contributed by atoms with Gasteiger partial charge < -0.3 is 15.0 Å². The van der Waals surface area contributed by atoms with Gasteiger partial charge in [-0.15, -0.1) is 0 Å². The van der Waals surface area contributed by atoms with Gasteiger partial charge in [-0.25, -0.2) is 4.39 Å². The zero-order chi connectivity index (χ0) is 23.3. The van der Waals surface area contributed by atoms with Crippen LogP contribution in [0.3, 0.4) is 0 Å². The zero-order valence-electron chi connectivity index (χ0n) is 18.3. The highest BCUT2D eigenvalue weighted by Gasteiger charge is 2.27. The van der Waals surface area contributed by atoms with Crippen molar-refractivity contribution in [3.8, 4) is 5.75 Å². The van der Waals surface area contributed by atoms with E-state index in [2.05, 4.69) is 21.2 Å². The molecule has 7 heteroatoms. The molecular weight excluding hydrogens is 475 g/mol. The van der Waals surface area contributed by atoms with E-state index in [9.17, 15) is 14.0 Å². The van der Waals surface area contributed by atoms with Gasteiger partial charge in [0.05, 0.1) is 4.47 Å². The van der Waals surface area contributed by atoms with Crippen LogP contribution < -0.4 is 10.1 Å². The molecule has 0 aromatic heterocycles. The molecule has 168 valence electrons. The van der Waals surface area contributed by atoms with Crippen molar-refractivity contribution in [1.82, 2.24) is 10.2 Å². The van der Waals surface area contributed by atoms with Gasteiger partial charge in [-0.1, -0.05) is 48.5 Å². The van der Waals surface area contributed by atoms with Gasteiger partial charge in [-0.05, 0) is 59.6 Å². The monoisotopic (exact) mass is 500 g/mol. The topological polar surface area (TPSA) is 58.6 Å². The van der Waals surface area contributed by atoms with Crippen LogP contribution >= 0.6 is 15.9 Å². The van der Waals surface area contributed by atoms with Crippen LogP contribution in [0.5, 0.6) is 5.75 Å². The highest BCUT2D eigenvalue weighted by atomic mass is 79.9. The van der Waals surface area contributed by atoms with Gasteiger partial charge in [0.2, 0.25) is 5.91 Å². The summed E-state index contributed by atoms with van der Waals surface area (Å²) in [7, 11) is 0. The van der Waals surface area contributed by atoms with E-state index in [0.29, 0.717) is 11.3 Å². The van der Waals surface area contributed by atoms with Crippen molar-refractivity contribution in [3.05, 3.63) is 76.5 Å². The number of rotatable bonds is 8. The second kappa shape index (κ2) is 10.6. The molecular formula is C25H26BrFN2O3. The van der Waals surface area contributed by atoms with Crippen LogP contribution in [0.2, 0.25) is 0 Å². The summed E-state index contributed by atoms with van der Waals surface area (Å²) in [6.07, 6.45) is 0. The third-order valence-electron chi connectivity index (χ3n) is 5.08. The molecule has 32 heavy (non-hydrogen) atoms. The second-order valence-electron chi connectivity index (χ2n) is 7.84. The van der Waals surface area contributed by atoms with E-state index in [1.807, 2.05) is 44.2 Å². The summed E-state index contributed by atoms with van der Waals surface area (Å²) in [5.41, 5.74) is 0.330. The van der Waals surface area contributed by atoms with Gasteiger partial charge >= 0.3 is 0 Å². The van der Waals surface area contributed by atoms with Gasteiger partial charge in [0.25, 0.3) is 5.91 Å². The Balaban J connectivity index is 1.80. The quantitative estimate of drug-likeness (QED) is 0.470. The third-order valence-corrected chi connectivity index (χ3v) is 5.89. The molecule has 5 nitrogen and oxygen atoms in total. The van der Waals surface area contributed by atoms with E-state index in [0.717, 1.165) is 15.2 Å². The number of ether oxygens (including phenoxy) is 1. The molecule has 1 atom stereocenters. The first-order valence-corrected chi connectivity index (χ1v) is 11.2. The van der Waals surface area contributed by atoms with Crippen molar-refractivity contribution in [3.63, 3.8) is 0 Å². The fourth-order valence-electron chi connectivity index (χ4n) is 3.35. The van der Waals surface area contributed by atoms with Gasteiger partial charge in [0, 0.05) is 18.2 Å². The Morgan fingerprint density at radius 3 is 2.44 bits per heavy atom. The standard InChI is InChI=1S/C25H26BrFN2O3/c1-16(2)28-25(31)17(3)29(14-19-9-5-7-11-21(19)27)23(30)15-32-22-13-12-18-8-4-6-10-20(18)24(22)26/h4-13,16-17H,14-15H2,1-3H3,(H,28,31)/t17-/m1/s1. The van der Waals surface area contributed by atoms with Crippen LogP contribution in [-0.2, 0) is 16.1 Å². The number of amides is 2. The van der Waals surface area contributed by atoms with Gasteiger partial charge in [-0.3, -0.25) is 9.59 Å². The number of nitrogens with one attached hydrogen (secondary N) is 1.